The van der Waals surface area contributed by atoms with E-state index in [4.69, 9.17) is 13.7 Å². The molecule has 16 heavy (non-hydrogen) atoms. The molecule has 2 radical (unpaired) electrons. The summed E-state index contributed by atoms with van der Waals surface area (Å²) in [6, 6.07) is 1.81. The highest BCUT2D eigenvalue weighted by molar-refractivity contribution is 6.32. The Morgan fingerprint density at radius 2 is 2.31 bits per heavy atom. The Kier molecular flexibility index (Phi) is 2.54. The highest BCUT2D eigenvalue weighted by Crippen LogP contribution is 2.32. The van der Waals surface area contributed by atoms with E-state index in [1.807, 2.05) is 6.07 Å². The van der Waals surface area contributed by atoms with Crippen molar-refractivity contribution in [3.63, 3.8) is 0 Å². The SMILES string of the molecule is [B]c1cnc2c(c1)C(=C)C(C(=C)NN)=CN2. The van der Waals surface area contributed by atoms with Crippen LogP contribution in [0.1, 0.15) is 5.56 Å². The third-order valence-electron chi connectivity index (χ3n) is 2.41. The Morgan fingerprint density at radius 1 is 1.56 bits per heavy atom. The van der Waals surface area contributed by atoms with Crippen LogP contribution in [0.15, 0.2) is 42.9 Å². The van der Waals surface area contributed by atoms with Gasteiger partial charge in [-0.2, -0.15) is 0 Å². The standard InChI is InChI=1S/C11H11BN4/c1-6-9-3-8(12)4-14-11(9)15-5-10(6)7(2)16-13/h3-5,16H,1-2,13H2,(H,14,15). The first-order chi connectivity index (χ1) is 7.63. The number of hydrogen-bond donors (Lipinski definition) is 3. The molecule has 5 heteroatoms. The van der Waals surface area contributed by atoms with E-state index in [9.17, 15) is 0 Å². The van der Waals surface area contributed by atoms with E-state index in [2.05, 4.69) is 28.9 Å². The number of aromatic nitrogens is 1. The molecule has 0 aromatic carbocycles. The van der Waals surface area contributed by atoms with Gasteiger partial charge in [0.1, 0.15) is 13.7 Å². The van der Waals surface area contributed by atoms with Gasteiger partial charge in [-0.1, -0.05) is 24.7 Å². The molecular formula is C11H11BN4. The van der Waals surface area contributed by atoms with Crippen molar-refractivity contribution in [2.24, 2.45) is 5.84 Å². The van der Waals surface area contributed by atoms with Gasteiger partial charge >= 0.3 is 0 Å². The van der Waals surface area contributed by atoms with Crippen molar-refractivity contribution in [2.45, 2.75) is 0 Å². The summed E-state index contributed by atoms with van der Waals surface area (Å²) in [6.07, 6.45) is 3.35. The molecule has 0 spiro atoms. The summed E-state index contributed by atoms with van der Waals surface area (Å²) in [5, 5.41) is 3.04. The van der Waals surface area contributed by atoms with E-state index in [0.29, 0.717) is 11.2 Å². The summed E-state index contributed by atoms with van der Waals surface area (Å²) >= 11 is 0. The van der Waals surface area contributed by atoms with Gasteiger partial charge < -0.3 is 10.7 Å². The highest BCUT2D eigenvalue weighted by Gasteiger charge is 2.17. The molecule has 1 aliphatic heterocycles. The van der Waals surface area contributed by atoms with Gasteiger partial charge in [-0.15, -0.1) is 0 Å². The summed E-state index contributed by atoms with van der Waals surface area (Å²) in [7, 11) is 5.68. The number of hydrogen-bond acceptors (Lipinski definition) is 4. The molecule has 0 saturated carbocycles. The summed E-state index contributed by atoms with van der Waals surface area (Å²) in [5.41, 5.74) is 6.13. The van der Waals surface area contributed by atoms with Gasteiger partial charge in [0.05, 0.1) is 5.70 Å². The molecule has 2 rings (SSSR count). The van der Waals surface area contributed by atoms with Crippen molar-refractivity contribution >= 4 is 24.7 Å². The molecule has 4 N–H and O–H groups in total. The zero-order chi connectivity index (χ0) is 11.7. The topological polar surface area (TPSA) is 63.0 Å². The number of fused-ring (bicyclic) bond motifs is 1. The second-order valence-electron chi connectivity index (χ2n) is 3.47. The van der Waals surface area contributed by atoms with Crippen LogP contribution in [-0.4, -0.2) is 12.8 Å². The fraction of sp³-hybridized carbons (Fsp3) is 0. The van der Waals surface area contributed by atoms with Crippen LogP contribution >= 0.6 is 0 Å². The molecule has 1 aliphatic rings. The fourth-order valence-corrected chi connectivity index (χ4v) is 1.55. The molecule has 0 unspecified atom stereocenters. The predicted octanol–water partition coefficient (Wildman–Crippen LogP) is 0.175. The molecule has 0 bridgehead atoms. The number of nitrogens with zero attached hydrogens (tertiary/aromatic N) is 1. The number of anilines is 1. The predicted molar refractivity (Wildman–Crippen MR) is 66.8 cm³/mol. The molecule has 0 fully saturated rings. The lowest BCUT2D eigenvalue weighted by Crippen LogP contribution is -2.24. The highest BCUT2D eigenvalue weighted by atomic mass is 15.2. The summed E-state index contributed by atoms with van der Waals surface area (Å²) in [5.74, 6) is 6.04. The van der Waals surface area contributed by atoms with Crippen LogP contribution in [0.3, 0.4) is 0 Å². The fourth-order valence-electron chi connectivity index (χ4n) is 1.55. The number of nitrogens with one attached hydrogen (secondary N) is 2. The van der Waals surface area contributed by atoms with Gasteiger partial charge in [0.15, 0.2) is 0 Å². The molecule has 1 aromatic heterocycles. The second kappa shape index (κ2) is 3.86. The van der Waals surface area contributed by atoms with Crippen LogP contribution in [0.25, 0.3) is 5.57 Å². The smallest absolute Gasteiger partial charge is 0.137 e. The number of rotatable bonds is 2. The van der Waals surface area contributed by atoms with E-state index in [1.54, 1.807) is 12.4 Å². The van der Waals surface area contributed by atoms with Gasteiger partial charge in [0, 0.05) is 23.5 Å². The molecular weight excluding hydrogens is 199 g/mol. The van der Waals surface area contributed by atoms with Gasteiger partial charge in [-0.05, 0) is 5.57 Å². The van der Waals surface area contributed by atoms with Crippen LogP contribution in [-0.2, 0) is 0 Å². The lowest BCUT2D eigenvalue weighted by Gasteiger charge is -2.21. The summed E-state index contributed by atoms with van der Waals surface area (Å²) in [4.78, 5) is 4.17. The monoisotopic (exact) mass is 210 g/mol. The average molecular weight is 210 g/mol. The Balaban J connectivity index is 2.45. The number of allylic oxidation sites excluding steroid dienone is 1. The number of hydrazine groups is 1. The minimum atomic E-state index is 0.588. The van der Waals surface area contributed by atoms with E-state index in [-0.39, 0.29) is 0 Å². The molecule has 2 heterocycles. The van der Waals surface area contributed by atoms with Crippen molar-refractivity contribution in [1.29, 1.82) is 0 Å². The lowest BCUT2D eigenvalue weighted by molar-refractivity contribution is 0.909. The van der Waals surface area contributed by atoms with Crippen LogP contribution in [0, 0.1) is 0 Å². The maximum Gasteiger partial charge on any atom is 0.137 e. The Morgan fingerprint density at radius 3 is 3.00 bits per heavy atom. The normalized spacial score (nSPS) is 13.6. The lowest BCUT2D eigenvalue weighted by atomic mass is 9.90. The van der Waals surface area contributed by atoms with Crippen molar-refractivity contribution in [1.82, 2.24) is 10.4 Å². The van der Waals surface area contributed by atoms with E-state index >= 15 is 0 Å². The minimum absolute atomic E-state index is 0.588. The second-order valence-corrected chi connectivity index (χ2v) is 3.47. The van der Waals surface area contributed by atoms with Gasteiger partial charge in [0.25, 0.3) is 0 Å². The molecule has 4 nitrogen and oxygen atoms in total. The maximum absolute atomic E-state index is 5.68. The van der Waals surface area contributed by atoms with Crippen LogP contribution in [0.4, 0.5) is 5.82 Å². The molecule has 78 valence electrons. The van der Waals surface area contributed by atoms with Crippen molar-refractivity contribution in [3.8, 4) is 0 Å². The van der Waals surface area contributed by atoms with Crippen molar-refractivity contribution in [2.75, 3.05) is 5.32 Å². The quantitative estimate of drug-likeness (QED) is 0.370. The average Bonchev–Trinajstić information content (AvgIpc) is 2.29. The number of pyridine rings is 1. The first-order valence-corrected chi connectivity index (χ1v) is 4.71. The van der Waals surface area contributed by atoms with Gasteiger partial charge in [0.2, 0.25) is 0 Å². The molecule has 1 aromatic rings. The van der Waals surface area contributed by atoms with Crippen LogP contribution in [0.5, 0.6) is 0 Å². The zero-order valence-electron chi connectivity index (χ0n) is 8.75. The molecule has 0 atom stereocenters. The van der Waals surface area contributed by atoms with E-state index in [1.165, 1.54) is 0 Å². The van der Waals surface area contributed by atoms with Gasteiger partial charge in [-0.3, -0.25) is 5.84 Å². The van der Waals surface area contributed by atoms with E-state index in [0.717, 1.165) is 22.5 Å². The molecule has 0 saturated heterocycles. The van der Waals surface area contributed by atoms with E-state index < -0.39 is 0 Å². The Labute approximate surface area is 95.3 Å². The van der Waals surface area contributed by atoms with Crippen molar-refractivity contribution < 1.29 is 0 Å². The third kappa shape index (κ3) is 1.61. The zero-order valence-corrected chi connectivity index (χ0v) is 8.75. The largest absolute Gasteiger partial charge is 0.345 e. The Hall–Kier alpha value is -2.01. The third-order valence-corrected chi connectivity index (χ3v) is 2.41. The summed E-state index contributed by atoms with van der Waals surface area (Å²) < 4.78 is 0. The van der Waals surface area contributed by atoms with Crippen LogP contribution in [0.2, 0.25) is 0 Å². The molecule has 0 amide bonds. The summed E-state index contributed by atoms with van der Waals surface area (Å²) in [6.45, 7) is 7.77. The number of nitrogens with two attached hydrogens (primary N) is 1. The minimum Gasteiger partial charge on any atom is -0.345 e. The maximum atomic E-state index is 5.68. The first kappa shape index (κ1) is 10.5. The van der Waals surface area contributed by atoms with Gasteiger partial charge in [-0.25, -0.2) is 4.98 Å². The van der Waals surface area contributed by atoms with Crippen molar-refractivity contribution in [3.05, 3.63) is 48.5 Å². The first-order valence-electron chi connectivity index (χ1n) is 4.71. The van der Waals surface area contributed by atoms with Crippen LogP contribution < -0.4 is 22.0 Å². The Bertz CT molecular complexity index is 505. The molecule has 0 aliphatic carbocycles.